The number of hydrogen-bond acceptors (Lipinski definition) is 4. The van der Waals surface area contributed by atoms with E-state index in [1.54, 1.807) is 0 Å². The van der Waals surface area contributed by atoms with E-state index in [0.717, 1.165) is 0 Å². The third-order valence-electron chi connectivity index (χ3n) is 0. The highest BCUT2D eigenvalue weighted by Gasteiger charge is 1.12. The van der Waals surface area contributed by atoms with E-state index in [9.17, 15) is 0 Å². The van der Waals surface area contributed by atoms with Gasteiger partial charge in [-0.2, -0.15) is 16.8 Å². The van der Waals surface area contributed by atoms with E-state index in [-0.39, 0.29) is 0 Å². The minimum absolute atomic E-state index is 0.750. The van der Waals surface area contributed by atoms with Crippen LogP contribution in [0.15, 0.2) is 0 Å². The molecule has 36 valence electrons. The van der Waals surface area contributed by atoms with Gasteiger partial charge >= 0.3 is 23.1 Å². The minimum Gasteiger partial charge on any atom is -0.168 e. The van der Waals surface area contributed by atoms with Gasteiger partial charge < -0.3 is 0 Å². The Morgan fingerprint density at radius 2 is 0.667 bits per heavy atom. The molecule has 0 rings (SSSR count). The van der Waals surface area contributed by atoms with Gasteiger partial charge in [-0.1, -0.05) is 0 Å². The summed E-state index contributed by atoms with van der Waals surface area (Å²) in [6.07, 6.45) is 0. The van der Waals surface area contributed by atoms with Crippen LogP contribution in [0, 0.1) is 0 Å². The Morgan fingerprint density at radius 3 is 0.667 bits per heavy atom. The van der Waals surface area contributed by atoms with Crippen LogP contribution < -0.4 is 0 Å². The van der Waals surface area contributed by atoms with E-state index >= 15 is 0 Å². The first-order valence-corrected chi connectivity index (χ1v) is 2.00. The van der Waals surface area contributed by atoms with Crippen molar-refractivity contribution in [1.29, 1.82) is 0 Å². The Hall–Kier alpha value is -0.360. The monoisotopic (exact) mass is 128 g/mol. The van der Waals surface area contributed by atoms with Gasteiger partial charge in [-0.05, 0) is 0 Å². The van der Waals surface area contributed by atoms with E-state index in [0.29, 0.717) is 0 Å². The van der Waals surface area contributed by atoms with E-state index in [1.165, 1.54) is 0 Å². The molecule has 0 aromatic heterocycles. The van der Waals surface area contributed by atoms with Crippen LogP contribution in [-0.2, 0) is 23.1 Å². The summed E-state index contributed by atoms with van der Waals surface area (Å²) in [4.78, 5) is 0. The van der Waals surface area contributed by atoms with Gasteiger partial charge in [0.15, 0.2) is 0 Å². The van der Waals surface area contributed by atoms with Crippen LogP contribution in [-0.4, -0.2) is 16.8 Å². The van der Waals surface area contributed by atoms with Gasteiger partial charge in [-0.15, -0.1) is 0 Å². The lowest BCUT2D eigenvalue weighted by Gasteiger charge is -0.947. The van der Waals surface area contributed by atoms with Gasteiger partial charge in [0.2, 0.25) is 0 Å². The van der Waals surface area contributed by atoms with Crippen molar-refractivity contribution < 1.29 is 16.8 Å². The topological polar surface area (TPSA) is 68.3 Å². The molecule has 0 atom stereocenters. The highest BCUT2D eigenvalue weighted by atomic mass is 32.1. The van der Waals surface area contributed by atoms with Crippen molar-refractivity contribution in [1.82, 2.24) is 0 Å². The van der Waals surface area contributed by atoms with Crippen LogP contribution >= 0.6 is 0 Å². The molecule has 0 N–H and O–H groups in total. The second-order valence-electron chi connectivity index (χ2n) is 0.136. The highest BCUT2D eigenvalue weighted by molar-refractivity contribution is 7.51. The van der Waals surface area contributed by atoms with Crippen molar-refractivity contribution in [3.63, 3.8) is 0 Å². The fourth-order valence-electron chi connectivity index (χ4n) is 0. The first-order chi connectivity index (χ1) is 2.83. The smallest absolute Gasteiger partial charge is 0.168 e. The molecule has 0 aliphatic carbocycles. The third-order valence-corrected chi connectivity index (χ3v) is 0. The fourth-order valence-corrected chi connectivity index (χ4v) is 0. The van der Waals surface area contributed by atoms with Crippen molar-refractivity contribution in [3.05, 3.63) is 0 Å². The average Bonchev–Trinajstić information content (AvgIpc) is 1.39. The predicted octanol–water partition coefficient (Wildman–Crippen LogP) is -1.34. The standard InChI is InChI=1S/2O2S/c2*1-3-2. The van der Waals surface area contributed by atoms with Crippen LogP contribution in [0.2, 0.25) is 0 Å². The van der Waals surface area contributed by atoms with Crippen LogP contribution in [0.3, 0.4) is 0 Å². The fraction of sp³-hybridized carbons (Fsp3) is 0. The lowest BCUT2D eigenvalue weighted by Crippen LogP contribution is -1.18. The largest absolute Gasteiger partial charge is 0.335 e. The molecular weight excluding hydrogens is 128 g/mol. The van der Waals surface area contributed by atoms with Crippen molar-refractivity contribution in [2.45, 2.75) is 0 Å². The first-order valence-electron chi connectivity index (χ1n) is 0.667. The third kappa shape index (κ3) is 196. The molecule has 0 saturated heterocycles. The van der Waals surface area contributed by atoms with Gasteiger partial charge in [0.05, 0.1) is 0 Å². The van der Waals surface area contributed by atoms with E-state index in [2.05, 4.69) is 0 Å². The van der Waals surface area contributed by atoms with Crippen molar-refractivity contribution in [2.24, 2.45) is 0 Å². The van der Waals surface area contributed by atoms with Gasteiger partial charge in [-0.3, -0.25) is 0 Å². The zero-order valence-corrected chi connectivity index (χ0v) is 4.08. The Bertz CT molecular complexity index is 59.5. The quantitative estimate of drug-likeness (QED) is 0.405. The zero-order chi connectivity index (χ0) is 5.41. The van der Waals surface area contributed by atoms with E-state index in [1.807, 2.05) is 0 Å². The molecule has 6 heteroatoms. The molecule has 0 bridgehead atoms. The molecule has 0 aliphatic heterocycles. The molecule has 0 spiro atoms. The maximum absolute atomic E-state index is 8.29. The molecule has 0 heterocycles. The number of hydrogen-bond donors (Lipinski definition) is 0. The molecule has 0 amide bonds. The summed E-state index contributed by atoms with van der Waals surface area (Å²) in [6.45, 7) is 0. The summed E-state index contributed by atoms with van der Waals surface area (Å²) in [5.74, 6) is 0. The van der Waals surface area contributed by atoms with Gasteiger partial charge in [0.25, 0.3) is 0 Å². The predicted molar refractivity (Wildman–Crippen MR) is 17.8 cm³/mol. The molecule has 0 saturated carbocycles. The van der Waals surface area contributed by atoms with Crippen molar-refractivity contribution in [3.8, 4) is 0 Å². The second kappa shape index (κ2) is 22.9. The van der Waals surface area contributed by atoms with Gasteiger partial charge in [-0.25, -0.2) is 0 Å². The summed E-state index contributed by atoms with van der Waals surface area (Å²) < 4.78 is 33.2. The second-order valence-corrected chi connectivity index (χ2v) is 0.408. The molecule has 6 heavy (non-hydrogen) atoms. The van der Waals surface area contributed by atoms with Crippen molar-refractivity contribution in [2.75, 3.05) is 0 Å². The molecule has 4 nitrogen and oxygen atoms in total. The summed E-state index contributed by atoms with van der Waals surface area (Å²) in [6, 6.07) is 0. The SMILES string of the molecule is O=S=O.O=S=O. The minimum atomic E-state index is -0.750. The number of rotatable bonds is 0. The van der Waals surface area contributed by atoms with Crippen LogP contribution in [0.5, 0.6) is 0 Å². The van der Waals surface area contributed by atoms with Crippen LogP contribution in [0.4, 0.5) is 0 Å². The first kappa shape index (κ1) is 9.16. The van der Waals surface area contributed by atoms with Crippen LogP contribution in [0.1, 0.15) is 0 Å². The molecule has 0 aromatic rings. The summed E-state index contributed by atoms with van der Waals surface area (Å²) in [7, 11) is 0. The molecule has 0 unspecified atom stereocenters. The Morgan fingerprint density at radius 1 is 0.667 bits per heavy atom. The van der Waals surface area contributed by atoms with E-state index < -0.39 is 23.1 Å². The Balaban J connectivity index is 0. The Kier molecular flexibility index (Phi) is 34.9. The Labute approximate surface area is 40.8 Å². The van der Waals surface area contributed by atoms with Gasteiger partial charge in [0.1, 0.15) is 0 Å². The lowest BCUT2D eigenvalue weighted by atomic mass is 15.9. The van der Waals surface area contributed by atoms with Crippen LogP contribution in [0.25, 0.3) is 0 Å². The van der Waals surface area contributed by atoms with E-state index in [4.69, 9.17) is 16.8 Å². The lowest BCUT2D eigenvalue weighted by molar-refractivity contribution is 0.628. The summed E-state index contributed by atoms with van der Waals surface area (Å²) >= 11 is -1.50. The summed E-state index contributed by atoms with van der Waals surface area (Å²) in [5.41, 5.74) is 0. The molecular formula is O4S2. The zero-order valence-electron chi connectivity index (χ0n) is 2.45. The highest BCUT2D eigenvalue weighted by Crippen LogP contribution is 0.849. The van der Waals surface area contributed by atoms with Crippen molar-refractivity contribution >= 4 is 23.1 Å². The maximum Gasteiger partial charge on any atom is 0.335 e. The molecule has 0 aromatic carbocycles. The maximum atomic E-state index is 8.29. The molecule has 0 radical (unpaired) electrons. The summed E-state index contributed by atoms with van der Waals surface area (Å²) in [5, 5.41) is 0. The molecule has 0 fully saturated rings. The average molecular weight is 128 g/mol. The normalized spacial score (nSPS) is 4.00. The molecule has 0 aliphatic rings. The van der Waals surface area contributed by atoms with Gasteiger partial charge in [0, 0.05) is 0 Å².